The summed E-state index contributed by atoms with van der Waals surface area (Å²) in [6.07, 6.45) is 2.56. The van der Waals surface area contributed by atoms with Crippen LogP contribution in [0.2, 0.25) is 0 Å². The summed E-state index contributed by atoms with van der Waals surface area (Å²) in [5, 5.41) is 2.24. The average molecular weight is 359 g/mol. The number of carbonyl (C=O) groups excluding carboxylic acids is 3. The smallest absolute Gasteiger partial charge is 0.324 e. The summed E-state index contributed by atoms with van der Waals surface area (Å²) in [4.78, 5) is 40.5. The molecule has 0 aromatic carbocycles. The molecular weight excluding hydrogens is 340 g/mol. The van der Waals surface area contributed by atoms with Crippen molar-refractivity contribution in [3.8, 4) is 0 Å². The zero-order valence-corrected chi connectivity index (χ0v) is 13.3. The number of amides is 4. The van der Waals surface area contributed by atoms with Crippen LogP contribution in [-0.4, -0.2) is 82.7 Å². The first-order valence-corrected chi connectivity index (χ1v) is 8.22. The zero-order chi connectivity index (χ0) is 15.0. The van der Waals surface area contributed by atoms with Gasteiger partial charge in [0.25, 0.3) is 0 Å². The second kappa shape index (κ2) is 5.92. The van der Waals surface area contributed by atoms with E-state index in [0.717, 1.165) is 32.2 Å². The number of carbonyl (C=O) groups is 3. The normalized spacial score (nSPS) is 27.8. The maximum absolute atomic E-state index is 12.3. The molecule has 1 unspecified atom stereocenters. The number of urea groups is 1. The molecule has 4 amide bonds. The van der Waals surface area contributed by atoms with Crippen LogP contribution in [0.25, 0.3) is 0 Å². The van der Waals surface area contributed by atoms with Gasteiger partial charge >= 0.3 is 6.03 Å². The number of halogens is 1. The van der Waals surface area contributed by atoms with E-state index in [1.807, 2.05) is 4.90 Å². The summed E-state index contributed by atoms with van der Waals surface area (Å²) >= 11 is 3.20. The Morgan fingerprint density at radius 2 is 1.86 bits per heavy atom. The highest BCUT2D eigenvalue weighted by atomic mass is 79.9. The molecule has 1 saturated carbocycles. The average Bonchev–Trinajstić information content (AvgIpc) is 3.29. The van der Waals surface area contributed by atoms with Gasteiger partial charge in [-0.2, -0.15) is 0 Å². The van der Waals surface area contributed by atoms with E-state index in [0.29, 0.717) is 0 Å². The van der Waals surface area contributed by atoms with Crippen molar-refractivity contribution in [1.82, 2.24) is 20.0 Å². The van der Waals surface area contributed by atoms with Crippen LogP contribution in [0.1, 0.15) is 12.8 Å². The zero-order valence-electron chi connectivity index (χ0n) is 11.8. The molecule has 1 N–H and O–H groups in total. The van der Waals surface area contributed by atoms with Crippen LogP contribution in [0.3, 0.4) is 0 Å². The predicted molar refractivity (Wildman–Crippen MR) is 79.0 cm³/mol. The van der Waals surface area contributed by atoms with Crippen LogP contribution in [0.5, 0.6) is 0 Å². The third-order valence-corrected chi connectivity index (χ3v) is 4.94. The summed E-state index contributed by atoms with van der Waals surface area (Å²) in [5.41, 5.74) is 0. The standard InChI is InChI=1S/C13H19BrN4O3/c14-10-7-18(13(21)15-12(10)20)8-11(19)17-5-3-16(4-6-17)9-1-2-9/h9-10H,1-8H2,(H,15,20,21). The molecular formula is C13H19BrN4O3. The fourth-order valence-corrected chi connectivity index (χ4v) is 3.26. The van der Waals surface area contributed by atoms with E-state index in [9.17, 15) is 14.4 Å². The minimum atomic E-state index is -0.485. The second-order valence-electron chi connectivity index (χ2n) is 5.79. The lowest BCUT2D eigenvalue weighted by Gasteiger charge is -2.36. The van der Waals surface area contributed by atoms with E-state index < -0.39 is 10.9 Å². The number of imide groups is 1. The number of alkyl halides is 1. The first kappa shape index (κ1) is 14.8. The largest absolute Gasteiger partial charge is 0.339 e. The van der Waals surface area contributed by atoms with E-state index >= 15 is 0 Å². The Hall–Kier alpha value is -1.15. The minimum Gasteiger partial charge on any atom is -0.339 e. The lowest BCUT2D eigenvalue weighted by Crippen LogP contribution is -2.58. The number of hydrogen-bond donors (Lipinski definition) is 1. The molecule has 2 saturated heterocycles. The molecule has 2 aliphatic heterocycles. The molecule has 1 aliphatic carbocycles. The maximum atomic E-state index is 12.3. The van der Waals surface area contributed by atoms with Crippen LogP contribution in [-0.2, 0) is 9.59 Å². The summed E-state index contributed by atoms with van der Waals surface area (Å²) in [5.74, 6) is -0.392. The van der Waals surface area contributed by atoms with Gasteiger partial charge in [-0.3, -0.25) is 19.8 Å². The number of hydrogen-bond acceptors (Lipinski definition) is 4. The van der Waals surface area contributed by atoms with Crippen molar-refractivity contribution >= 4 is 33.8 Å². The number of nitrogens with zero attached hydrogens (tertiary/aromatic N) is 3. The summed E-state index contributed by atoms with van der Waals surface area (Å²) < 4.78 is 0. The van der Waals surface area contributed by atoms with E-state index in [1.54, 1.807) is 0 Å². The molecule has 1 atom stereocenters. The fraction of sp³-hybridized carbons (Fsp3) is 0.769. The quantitative estimate of drug-likeness (QED) is 0.697. The highest BCUT2D eigenvalue weighted by Crippen LogP contribution is 2.27. The SMILES string of the molecule is O=C1NC(=O)N(CC(=O)N2CCN(C3CC3)CC2)CC1Br. The Morgan fingerprint density at radius 3 is 2.48 bits per heavy atom. The van der Waals surface area contributed by atoms with Gasteiger partial charge in [0.2, 0.25) is 11.8 Å². The third kappa shape index (κ3) is 3.37. The van der Waals surface area contributed by atoms with Gasteiger partial charge in [-0.1, -0.05) is 15.9 Å². The van der Waals surface area contributed by atoms with Crippen LogP contribution in [0.4, 0.5) is 4.79 Å². The van der Waals surface area contributed by atoms with Gasteiger partial charge in [0.1, 0.15) is 11.4 Å². The Bertz CT molecular complexity index is 460. The Balaban J connectivity index is 1.49. The molecule has 3 aliphatic rings. The summed E-state index contributed by atoms with van der Waals surface area (Å²) in [6.45, 7) is 3.55. The van der Waals surface area contributed by atoms with Crippen molar-refractivity contribution in [2.75, 3.05) is 39.3 Å². The monoisotopic (exact) mass is 358 g/mol. The molecule has 0 radical (unpaired) electrons. The van der Waals surface area contributed by atoms with E-state index in [4.69, 9.17) is 0 Å². The van der Waals surface area contributed by atoms with Crippen LogP contribution < -0.4 is 5.32 Å². The number of nitrogens with one attached hydrogen (secondary N) is 1. The molecule has 2 heterocycles. The molecule has 116 valence electrons. The van der Waals surface area contributed by atoms with Gasteiger partial charge in [-0.15, -0.1) is 0 Å². The summed E-state index contributed by atoms with van der Waals surface area (Å²) in [6, 6.07) is 0.246. The molecule has 7 nitrogen and oxygen atoms in total. The molecule has 0 spiro atoms. The van der Waals surface area contributed by atoms with E-state index in [-0.39, 0.29) is 24.9 Å². The second-order valence-corrected chi connectivity index (χ2v) is 6.90. The van der Waals surface area contributed by atoms with Crippen LogP contribution in [0, 0.1) is 0 Å². The first-order valence-electron chi connectivity index (χ1n) is 7.30. The molecule has 0 aromatic heterocycles. The summed E-state index contributed by atoms with van der Waals surface area (Å²) in [7, 11) is 0. The van der Waals surface area contributed by atoms with E-state index in [2.05, 4.69) is 26.1 Å². The van der Waals surface area contributed by atoms with Gasteiger partial charge in [0.15, 0.2) is 0 Å². The maximum Gasteiger partial charge on any atom is 0.324 e. The minimum absolute atomic E-state index is 0.0324. The lowest BCUT2D eigenvalue weighted by atomic mass is 10.2. The van der Waals surface area contributed by atoms with E-state index in [1.165, 1.54) is 17.7 Å². The van der Waals surface area contributed by atoms with Crippen molar-refractivity contribution < 1.29 is 14.4 Å². The Kier molecular flexibility index (Phi) is 4.17. The highest BCUT2D eigenvalue weighted by molar-refractivity contribution is 9.10. The number of rotatable bonds is 3. The Morgan fingerprint density at radius 1 is 1.19 bits per heavy atom. The third-order valence-electron chi connectivity index (χ3n) is 4.24. The lowest BCUT2D eigenvalue weighted by molar-refractivity contribution is -0.134. The molecule has 21 heavy (non-hydrogen) atoms. The highest BCUT2D eigenvalue weighted by Gasteiger charge is 2.35. The topological polar surface area (TPSA) is 73.0 Å². The van der Waals surface area contributed by atoms with Crippen molar-refractivity contribution in [3.63, 3.8) is 0 Å². The first-order chi connectivity index (χ1) is 10.0. The van der Waals surface area contributed by atoms with Crippen molar-refractivity contribution in [2.24, 2.45) is 0 Å². The predicted octanol–water partition coefficient (Wildman–Crippen LogP) is -0.392. The fourth-order valence-electron chi connectivity index (χ4n) is 2.80. The molecule has 3 fully saturated rings. The molecule has 0 aromatic rings. The van der Waals surface area contributed by atoms with Gasteiger partial charge in [0, 0.05) is 38.8 Å². The van der Waals surface area contributed by atoms with Gasteiger partial charge < -0.3 is 9.80 Å². The van der Waals surface area contributed by atoms with Crippen LogP contribution in [0.15, 0.2) is 0 Å². The molecule has 3 rings (SSSR count). The van der Waals surface area contributed by atoms with Crippen LogP contribution >= 0.6 is 15.9 Å². The van der Waals surface area contributed by atoms with Crippen molar-refractivity contribution in [2.45, 2.75) is 23.7 Å². The van der Waals surface area contributed by atoms with Gasteiger partial charge in [0.05, 0.1) is 0 Å². The van der Waals surface area contributed by atoms with Crippen molar-refractivity contribution in [1.29, 1.82) is 0 Å². The number of piperazine rings is 1. The van der Waals surface area contributed by atoms with Crippen molar-refractivity contribution in [3.05, 3.63) is 0 Å². The van der Waals surface area contributed by atoms with Gasteiger partial charge in [-0.25, -0.2) is 4.79 Å². The molecule has 0 bridgehead atoms. The van der Waals surface area contributed by atoms with Gasteiger partial charge in [-0.05, 0) is 12.8 Å². The molecule has 8 heteroatoms. The Labute approximate surface area is 131 Å².